The average molecular weight is 273 g/mol. The SMILES string of the molecule is CC1(C)CN(Cc2ccc(F)cc2)CCC1N.Cl. The van der Waals surface area contributed by atoms with Crippen molar-refractivity contribution >= 4 is 12.4 Å². The predicted molar refractivity (Wildman–Crippen MR) is 75.3 cm³/mol. The first-order valence-electron chi connectivity index (χ1n) is 6.20. The first-order chi connectivity index (χ1) is 7.97. The van der Waals surface area contributed by atoms with Crippen molar-refractivity contribution in [1.82, 2.24) is 4.90 Å². The number of benzene rings is 1. The Labute approximate surface area is 115 Å². The Hall–Kier alpha value is -0.640. The molecule has 4 heteroatoms. The minimum Gasteiger partial charge on any atom is -0.327 e. The summed E-state index contributed by atoms with van der Waals surface area (Å²) < 4.78 is 12.8. The summed E-state index contributed by atoms with van der Waals surface area (Å²) in [5.41, 5.74) is 7.44. The molecule has 1 unspecified atom stereocenters. The van der Waals surface area contributed by atoms with Gasteiger partial charge in [0.25, 0.3) is 0 Å². The molecule has 1 fully saturated rings. The van der Waals surface area contributed by atoms with Crippen LogP contribution in [-0.4, -0.2) is 24.0 Å². The van der Waals surface area contributed by atoms with E-state index in [9.17, 15) is 4.39 Å². The highest BCUT2D eigenvalue weighted by Gasteiger charge is 2.33. The van der Waals surface area contributed by atoms with E-state index >= 15 is 0 Å². The second kappa shape index (κ2) is 6.00. The normalized spacial score (nSPS) is 23.4. The summed E-state index contributed by atoms with van der Waals surface area (Å²) >= 11 is 0. The lowest BCUT2D eigenvalue weighted by Crippen LogP contribution is -2.52. The van der Waals surface area contributed by atoms with Gasteiger partial charge in [-0.3, -0.25) is 4.90 Å². The summed E-state index contributed by atoms with van der Waals surface area (Å²) in [6.07, 6.45) is 1.04. The van der Waals surface area contributed by atoms with Gasteiger partial charge in [0.1, 0.15) is 5.82 Å². The van der Waals surface area contributed by atoms with Gasteiger partial charge in [-0.25, -0.2) is 4.39 Å². The standard InChI is InChI=1S/C14H21FN2.ClH/c1-14(2)10-17(8-7-13(14)16)9-11-3-5-12(15)6-4-11;/h3-6,13H,7-10,16H2,1-2H3;1H. The molecule has 18 heavy (non-hydrogen) atoms. The number of nitrogens with two attached hydrogens (primary N) is 1. The highest BCUT2D eigenvalue weighted by molar-refractivity contribution is 5.85. The first-order valence-corrected chi connectivity index (χ1v) is 6.20. The van der Waals surface area contributed by atoms with Gasteiger partial charge in [-0.1, -0.05) is 26.0 Å². The average Bonchev–Trinajstić information content (AvgIpc) is 2.26. The van der Waals surface area contributed by atoms with Gasteiger partial charge in [-0.2, -0.15) is 0 Å². The number of rotatable bonds is 2. The van der Waals surface area contributed by atoms with Crippen LogP contribution < -0.4 is 5.73 Å². The molecule has 0 spiro atoms. The van der Waals surface area contributed by atoms with Gasteiger partial charge in [-0.05, 0) is 29.5 Å². The Morgan fingerprint density at radius 1 is 1.33 bits per heavy atom. The Balaban J connectivity index is 0.00000162. The molecule has 1 aromatic rings. The van der Waals surface area contributed by atoms with E-state index in [4.69, 9.17) is 5.73 Å². The van der Waals surface area contributed by atoms with Gasteiger partial charge < -0.3 is 5.73 Å². The molecule has 1 atom stereocenters. The van der Waals surface area contributed by atoms with Crippen LogP contribution in [0.2, 0.25) is 0 Å². The lowest BCUT2D eigenvalue weighted by molar-refractivity contribution is 0.0899. The second-order valence-electron chi connectivity index (χ2n) is 5.72. The van der Waals surface area contributed by atoms with Crippen molar-refractivity contribution < 1.29 is 4.39 Å². The number of halogens is 2. The lowest BCUT2D eigenvalue weighted by atomic mass is 9.79. The Bertz CT molecular complexity index is 378. The molecule has 0 aliphatic carbocycles. The first kappa shape index (κ1) is 15.4. The molecule has 1 aliphatic heterocycles. The summed E-state index contributed by atoms with van der Waals surface area (Å²) in [7, 11) is 0. The van der Waals surface area contributed by atoms with Crippen LogP contribution in [0.3, 0.4) is 0 Å². The third kappa shape index (κ3) is 3.67. The molecular weight excluding hydrogens is 251 g/mol. The van der Waals surface area contributed by atoms with Crippen molar-refractivity contribution in [2.75, 3.05) is 13.1 Å². The van der Waals surface area contributed by atoms with Crippen LogP contribution in [0, 0.1) is 11.2 Å². The van der Waals surface area contributed by atoms with E-state index in [0.29, 0.717) is 0 Å². The maximum atomic E-state index is 12.8. The molecule has 1 saturated heterocycles. The fraction of sp³-hybridized carbons (Fsp3) is 0.571. The molecule has 1 heterocycles. The lowest BCUT2D eigenvalue weighted by Gasteiger charge is -2.42. The highest BCUT2D eigenvalue weighted by Crippen LogP contribution is 2.28. The van der Waals surface area contributed by atoms with Gasteiger partial charge >= 0.3 is 0 Å². The molecule has 102 valence electrons. The van der Waals surface area contributed by atoms with Gasteiger partial charge in [0.15, 0.2) is 0 Å². The zero-order chi connectivity index (χ0) is 12.5. The highest BCUT2D eigenvalue weighted by atomic mass is 35.5. The van der Waals surface area contributed by atoms with E-state index in [1.165, 1.54) is 12.1 Å². The zero-order valence-electron chi connectivity index (χ0n) is 11.0. The number of likely N-dealkylation sites (tertiary alicyclic amines) is 1. The van der Waals surface area contributed by atoms with E-state index in [1.807, 2.05) is 12.1 Å². The molecule has 2 rings (SSSR count). The van der Waals surface area contributed by atoms with Crippen LogP contribution in [0.25, 0.3) is 0 Å². The second-order valence-corrected chi connectivity index (χ2v) is 5.72. The number of hydrogen-bond acceptors (Lipinski definition) is 2. The largest absolute Gasteiger partial charge is 0.327 e. The van der Waals surface area contributed by atoms with Crippen LogP contribution in [0.5, 0.6) is 0 Å². The summed E-state index contributed by atoms with van der Waals surface area (Å²) in [5, 5.41) is 0. The van der Waals surface area contributed by atoms with Crippen molar-refractivity contribution in [3.05, 3.63) is 35.6 Å². The van der Waals surface area contributed by atoms with Crippen LogP contribution in [0.4, 0.5) is 4.39 Å². The third-order valence-electron chi connectivity index (χ3n) is 3.71. The van der Waals surface area contributed by atoms with Gasteiger partial charge in [0.05, 0.1) is 0 Å². The maximum Gasteiger partial charge on any atom is 0.123 e. The molecule has 2 nitrogen and oxygen atoms in total. The molecule has 1 aromatic carbocycles. The zero-order valence-corrected chi connectivity index (χ0v) is 11.8. The fourth-order valence-electron chi connectivity index (χ4n) is 2.47. The molecule has 2 N–H and O–H groups in total. The smallest absolute Gasteiger partial charge is 0.123 e. The van der Waals surface area contributed by atoms with Crippen molar-refractivity contribution in [2.24, 2.45) is 11.1 Å². The number of nitrogens with zero attached hydrogens (tertiary/aromatic N) is 1. The maximum absolute atomic E-state index is 12.8. The Kier molecular flexibility index (Phi) is 5.14. The van der Waals surface area contributed by atoms with Gasteiger partial charge in [0, 0.05) is 25.7 Å². The number of hydrogen-bond donors (Lipinski definition) is 1. The summed E-state index contributed by atoms with van der Waals surface area (Å²) in [4.78, 5) is 2.40. The summed E-state index contributed by atoms with van der Waals surface area (Å²) in [5.74, 6) is -0.172. The van der Waals surface area contributed by atoms with E-state index < -0.39 is 0 Å². The minimum absolute atomic E-state index is 0. The molecule has 1 aliphatic rings. The Morgan fingerprint density at radius 2 is 1.94 bits per heavy atom. The molecule has 0 saturated carbocycles. The van der Waals surface area contributed by atoms with Gasteiger partial charge in [-0.15, -0.1) is 12.4 Å². The third-order valence-corrected chi connectivity index (χ3v) is 3.71. The monoisotopic (exact) mass is 272 g/mol. The molecule has 0 radical (unpaired) electrons. The van der Waals surface area contributed by atoms with Crippen LogP contribution >= 0.6 is 12.4 Å². The van der Waals surface area contributed by atoms with Crippen molar-refractivity contribution in [3.63, 3.8) is 0 Å². The topological polar surface area (TPSA) is 29.3 Å². The van der Waals surface area contributed by atoms with E-state index in [1.54, 1.807) is 0 Å². The fourth-order valence-corrected chi connectivity index (χ4v) is 2.47. The summed E-state index contributed by atoms with van der Waals surface area (Å²) in [6.45, 7) is 7.35. The predicted octanol–water partition coefficient (Wildman–Crippen LogP) is 2.81. The van der Waals surface area contributed by atoms with Gasteiger partial charge in [0.2, 0.25) is 0 Å². The Morgan fingerprint density at radius 3 is 2.50 bits per heavy atom. The molecular formula is C14H22ClFN2. The molecule has 0 amide bonds. The quantitative estimate of drug-likeness (QED) is 0.897. The van der Waals surface area contributed by atoms with Crippen molar-refractivity contribution in [3.8, 4) is 0 Å². The molecule has 0 aromatic heterocycles. The van der Waals surface area contributed by atoms with E-state index in [0.717, 1.165) is 31.6 Å². The van der Waals surface area contributed by atoms with Crippen LogP contribution in [0.1, 0.15) is 25.8 Å². The molecule has 0 bridgehead atoms. The minimum atomic E-state index is -0.172. The number of piperidine rings is 1. The van der Waals surface area contributed by atoms with E-state index in [2.05, 4.69) is 18.7 Å². The van der Waals surface area contributed by atoms with E-state index in [-0.39, 0.29) is 29.7 Å². The summed E-state index contributed by atoms with van der Waals surface area (Å²) in [6, 6.07) is 7.05. The van der Waals surface area contributed by atoms with Crippen LogP contribution in [0.15, 0.2) is 24.3 Å². The van der Waals surface area contributed by atoms with Crippen molar-refractivity contribution in [1.29, 1.82) is 0 Å². The van der Waals surface area contributed by atoms with Crippen molar-refractivity contribution in [2.45, 2.75) is 32.9 Å². The van der Waals surface area contributed by atoms with Crippen LogP contribution in [-0.2, 0) is 6.54 Å².